The van der Waals surface area contributed by atoms with Gasteiger partial charge >= 0.3 is 6.09 Å². The van der Waals surface area contributed by atoms with Crippen LogP contribution in [0.2, 0.25) is 0 Å². The second-order valence-corrected chi connectivity index (χ2v) is 11.8. The summed E-state index contributed by atoms with van der Waals surface area (Å²) in [7, 11) is 0. The van der Waals surface area contributed by atoms with Crippen LogP contribution >= 0.6 is 0 Å². The summed E-state index contributed by atoms with van der Waals surface area (Å²) in [4.78, 5) is 42.5. The van der Waals surface area contributed by atoms with Crippen LogP contribution in [0.3, 0.4) is 0 Å². The maximum absolute atomic E-state index is 14.2. The molecule has 1 aromatic rings. The molecule has 1 saturated carbocycles. The molecule has 7 heteroatoms. The number of rotatable bonds is 12. The van der Waals surface area contributed by atoms with Crippen molar-refractivity contribution in [2.45, 2.75) is 111 Å². The highest BCUT2D eigenvalue weighted by Gasteiger charge is 2.48. The largest absolute Gasteiger partial charge is 0.444 e. The zero-order chi connectivity index (χ0) is 27.9. The van der Waals surface area contributed by atoms with Crippen LogP contribution in [0.15, 0.2) is 30.8 Å². The molecular weight excluding hydrogens is 466 g/mol. The summed E-state index contributed by atoms with van der Waals surface area (Å²) in [6, 6.07) is 5.84. The first-order valence-electron chi connectivity index (χ1n) is 13.6. The normalized spacial score (nSPS) is 19.4. The fourth-order valence-electron chi connectivity index (χ4n) is 4.62. The van der Waals surface area contributed by atoms with Crippen molar-refractivity contribution in [2.75, 3.05) is 0 Å². The summed E-state index contributed by atoms with van der Waals surface area (Å²) < 4.78 is 5.47. The minimum atomic E-state index is -0.822. The highest BCUT2D eigenvalue weighted by Crippen LogP contribution is 2.41. The van der Waals surface area contributed by atoms with Crippen molar-refractivity contribution in [3.63, 3.8) is 0 Å². The van der Waals surface area contributed by atoms with Crippen molar-refractivity contribution in [1.82, 2.24) is 15.5 Å². The number of benzene rings is 1. The molecule has 5 atom stereocenters. The van der Waals surface area contributed by atoms with Gasteiger partial charge < -0.3 is 20.3 Å². The third-order valence-electron chi connectivity index (χ3n) is 6.47. The fraction of sp³-hybridized carbons (Fsp3) is 0.633. The van der Waals surface area contributed by atoms with Gasteiger partial charge in [-0.1, -0.05) is 65.0 Å². The van der Waals surface area contributed by atoms with Gasteiger partial charge in [0.1, 0.15) is 17.7 Å². The van der Waals surface area contributed by atoms with Crippen LogP contribution in [0.4, 0.5) is 4.79 Å². The van der Waals surface area contributed by atoms with E-state index in [1.165, 1.54) is 0 Å². The minimum absolute atomic E-state index is 0.0254. The number of carbonyl (C=O) groups excluding carboxylic acids is 3. The SMILES string of the molecule is C=Cc1cccc(C(C(=O)NC(C)CCC)N(C(=O)C(CC(C)C)NC(=O)OC(C)(C)C)C2CC2C)c1. The standard InChI is InChI=1S/C30H47N3O4/c1-10-13-21(6)31-27(34)26(23-15-12-14-22(11-2)18-23)33(25-17-20(25)5)28(35)24(16-19(3)4)32-29(36)37-30(7,8)9/h11-12,14-15,18-21,24-26H,2,10,13,16-17H2,1,3-9H3,(H,31,34)(H,32,36). The quantitative estimate of drug-likeness (QED) is 0.367. The van der Waals surface area contributed by atoms with Crippen molar-refractivity contribution in [2.24, 2.45) is 11.8 Å². The van der Waals surface area contributed by atoms with E-state index in [4.69, 9.17) is 4.74 Å². The van der Waals surface area contributed by atoms with Crippen LogP contribution in [-0.2, 0) is 14.3 Å². The van der Waals surface area contributed by atoms with E-state index >= 15 is 0 Å². The number of ether oxygens (including phenoxy) is 1. The maximum Gasteiger partial charge on any atom is 0.408 e. The molecule has 0 saturated heterocycles. The highest BCUT2D eigenvalue weighted by molar-refractivity contribution is 5.92. The molecule has 206 valence electrons. The van der Waals surface area contributed by atoms with Crippen LogP contribution in [0.5, 0.6) is 0 Å². The summed E-state index contributed by atoms with van der Waals surface area (Å²) in [6.45, 7) is 19.4. The first-order valence-corrected chi connectivity index (χ1v) is 13.6. The predicted molar refractivity (Wildman–Crippen MR) is 149 cm³/mol. The van der Waals surface area contributed by atoms with Gasteiger partial charge in [-0.05, 0) is 76.0 Å². The molecule has 0 bridgehead atoms. The van der Waals surface area contributed by atoms with E-state index in [0.717, 1.165) is 30.4 Å². The summed E-state index contributed by atoms with van der Waals surface area (Å²) in [5.74, 6) is -0.0733. The highest BCUT2D eigenvalue weighted by atomic mass is 16.6. The van der Waals surface area contributed by atoms with Crippen LogP contribution in [-0.4, -0.2) is 46.5 Å². The summed E-state index contributed by atoms with van der Waals surface area (Å²) in [5, 5.41) is 5.94. The lowest BCUT2D eigenvalue weighted by Crippen LogP contribution is -2.55. The lowest BCUT2D eigenvalue weighted by molar-refractivity contribution is -0.144. The Labute approximate surface area is 223 Å². The van der Waals surface area contributed by atoms with E-state index in [-0.39, 0.29) is 35.7 Å². The number of nitrogens with zero attached hydrogens (tertiary/aromatic N) is 1. The van der Waals surface area contributed by atoms with Gasteiger partial charge in [0.15, 0.2) is 0 Å². The number of nitrogens with one attached hydrogen (secondary N) is 2. The van der Waals surface area contributed by atoms with Crippen LogP contribution in [0.25, 0.3) is 6.08 Å². The molecule has 3 amide bonds. The molecule has 1 fully saturated rings. The molecule has 1 aromatic carbocycles. The molecular formula is C30H47N3O4. The molecule has 37 heavy (non-hydrogen) atoms. The van der Waals surface area contributed by atoms with E-state index in [0.29, 0.717) is 6.42 Å². The Morgan fingerprint density at radius 2 is 1.84 bits per heavy atom. The first kappa shape index (κ1) is 30.4. The Hall–Kier alpha value is -2.83. The Kier molecular flexibility index (Phi) is 10.8. The summed E-state index contributed by atoms with van der Waals surface area (Å²) in [5.41, 5.74) is 0.911. The van der Waals surface area contributed by atoms with E-state index < -0.39 is 23.8 Å². The average Bonchev–Trinajstić information content (AvgIpc) is 3.50. The van der Waals surface area contributed by atoms with Crippen LogP contribution in [0.1, 0.15) is 98.2 Å². The van der Waals surface area contributed by atoms with Crippen LogP contribution in [0, 0.1) is 11.8 Å². The average molecular weight is 514 g/mol. The zero-order valence-corrected chi connectivity index (χ0v) is 24.0. The molecule has 2 N–H and O–H groups in total. The molecule has 1 aliphatic carbocycles. The smallest absolute Gasteiger partial charge is 0.408 e. The number of amides is 3. The van der Waals surface area contributed by atoms with Crippen molar-refractivity contribution in [1.29, 1.82) is 0 Å². The van der Waals surface area contributed by atoms with Gasteiger partial charge in [0, 0.05) is 12.1 Å². The molecule has 0 heterocycles. The van der Waals surface area contributed by atoms with Crippen molar-refractivity contribution in [3.05, 3.63) is 42.0 Å². The summed E-state index contributed by atoms with van der Waals surface area (Å²) in [6.07, 6.45) is 4.12. The zero-order valence-electron chi connectivity index (χ0n) is 24.0. The second-order valence-electron chi connectivity index (χ2n) is 11.8. The van der Waals surface area contributed by atoms with Gasteiger partial charge in [0.2, 0.25) is 11.8 Å². The predicted octanol–water partition coefficient (Wildman–Crippen LogP) is 5.85. The number of alkyl carbamates (subject to hydrolysis) is 1. The molecule has 2 rings (SSSR count). The van der Waals surface area contributed by atoms with E-state index in [1.807, 2.05) is 45.0 Å². The minimum Gasteiger partial charge on any atom is -0.444 e. The number of hydrogen-bond acceptors (Lipinski definition) is 4. The molecule has 5 unspecified atom stereocenters. The van der Waals surface area contributed by atoms with Gasteiger partial charge in [-0.2, -0.15) is 0 Å². The van der Waals surface area contributed by atoms with Gasteiger partial charge in [0.25, 0.3) is 0 Å². The molecule has 1 aliphatic rings. The fourth-order valence-corrected chi connectivity index (χ4v) is 4.62. The van der Waals surface area contributed by atoms with E-state index in [9.17, 15) is 14.4 Å². The van der Waals surface area contributed by atoms with Gasteiger partial charge in [-0.15, -0.1) is 0 Å². The number of carbonyl (C=O) groups is 3. The van der Waals surface area contributed by atoms with Crippen molar-refractivity contribution in [3.8, 4) is 0 Å². The third-order valence-corrected chi connectivity index (χ3v) is 6.47. The monoisotopic (exact) mass is 513 g/mol. The molecule has 0 spiro atoms. The maximum atomic E-state index is 14.2. The van der Waals surface area contributed by atoms with Gasteiger partial charge in [0.05, 0.1) is 0 Å². The Bertz CT molecular complexity index is 952. The van der Waals surface area contributed by atoms with E-state index in [2.05, 4.69) is 31.1 Å². The van der Waals surface area contributed by atoms with E-state index in [1.54, 1.807) is 31.7 Å². The van der Waals surface area contributed by atoms with Gasteiger partial charge in [-0.25, -0.2) is 4.79 Å². The van der Waals surface area contributed by atoms with Crippen molar-refractivity contribution >= 4 is 24.0 Å². The molecule has 0 aliphatic heterocycles. The Morgan fingerprint density at radius 3 is 2.35 bits per heavy atom. The third kappa shape index (κ3) is 9.20. The molecule has 0 radical (unpaired) electrons. The lowest BCUT2D eigenvalue weighted by Gasteiger charge is -2.36. The Morgan fingerprint density at radius 1 is 1.19 bits per heavy atom. The first-order chi connectivity index (χ1) is 17.3. The number of hydrogen-bond donors (Lipinski definition) is 2. The van der Waals surface area contributed by atoms with Crippen molar-refractivity contribution < 1.29 is 19.1 Å². The molecule has 0 aromatic heterocycles. The van der Waals surface area contributed by atoms with Crippen LogP contribution < -0.4 is 10.6 Å². The topological polar surface area (TPSA) is 87.7 Å². The van der Waals surface area contributed by atoms with Gasteiger partial charge in [-0.3, -0.25) is 9.59 Å². The summed E-state index contributed by atoms with van der Waals surface area (Å²) >= 11 is 0. The lowest BCUT2D eigenvalue weighted by atomic mass is 9.97. The Balaban J connectivity index is 2.52. The molecule has 7 nitrogen and oxygen atoms in total. The second kappa shape index (κ2) is 13.1.